The van der Waals surface area contributed by atoms with Crippen LogP contribution in [0.25, 0.3) is 0 Å². The van der Waals surface area contributed by atoms with Gasteiger partial charge in [0.1, 0.15) is 11.5 Å². The first-order valence-corrected chi connectivity index (χ1v) is 10.9. The molecule has 2 N–H and O–H groups in total. The number of aliphatic hydroxyl groups excluding tert-OH is 1. The van der Waals surface area contributed by atoms with Gasteiger partial charge in [0.15, 0.2) is 0 Å². The number of amides is 1. The quantitative estimate of drug-likeness (QED) is 0.573. The van der Waals surface area contributed by atoms with Gasteiger partial charge < -0.3 is 19.9 Å². The second kappa shape index (κ2) is 10.5. The van der Waals surface area contributed by atoms with Gasteiger partial charge in [-0.15, -0.1) is 0 Å². The molecule has 2 aromatic carbocycles. The van der Waals surface area contributed by atoms with E-state index in [2.05, 4.69) is 31.3 Å². The summed E-state index contributed by atoms with van der Waals surface area (Å²) in [6.07, 6.45) is 3.00. The van der Waals surface area contributed by atoms with Crippen LogP contribution in [0.15, 0.2) is 48.5 Å². The number of methoxy groups -OCH3 is 1. The summed E-state index contributed by atoms with van der Waals surface area (Å²) < 4.78 is 11.5. The summed E-state index contributed by atoms with van der Waals surface area (Å²) in [4.78, 5) is 12.8. The highest BCUT2D eigenvalue weighted by atomic mass is 16.5. The zero-order valence-electron chi connectivity index (χ0n) is 18.1. The molecule has 1 saturated carbocycles. The van der Waals surface area contributed by atoms with Gasteiger partial charge >= 0.3 is 0 Å². The Morgan fingerprint density at radius 1 is 1.17 bits per heavy atom. The minimum Gasteiger partial charge on any atom is -0.496 e. The Bertz CT molecular complexity index is 819. The van der Waals surface area contributed by atoms with Crippen molar-refractivity contribution in [2.45, 2.75) is 45.1 Å². The number of benzene rings is 2. The molecule has 0 radical (unpaired) electrons. The molecule has 0 spiro atoms. The first-order chi connectivity index (χ1) is 14.6. The fourth-order valence-corrected chi connectivity index (χ4v) is 3.86. The molecule has 0 saturated heterocycles. The van der Waals surface area contributed by atoms with Crippen molar-refractivity contribution in [3.63, 3.8) is 0 Å². The molecule has 1 aliphatic rings. The molecule has 0 aliphatic heterocycles. The number of hydrogen-bond acceptors (Lipinski definition) is 4. The lowest BCUT2D eigenvalue weighted by Crippen LogP contribution is -2.32. The number of carbonyl (C=O) groups excluding carboxylic acids is 1. The number of rotatable bonds is 11. The molecular weight excluding hydrogens is 378 g/mol. The maximum atomic E-state index is 12.8. The van der Waals surface area contributed by atoms with Crippen LogP contribution in [0.3, 0.4) is 0 Å². The van der Waals surface area contributed by atoms with E-state index < -0.39 is 6.04 Å². The summed E-state index contributed by atoms with van der Waals surface area (Å²) in [5, 5.41) is 12.9. The molecule has 1 aliphatic carbocycles. The molecule has 3 atom stereocenters. The van der Waals surface area contributed by atoms with Gasteiger partial charge in [0, 0.05) is 17.5 Å². The van der Waals surface area contributed by atoms with Crippen molar-refractivity contribution in [3.05, 3.63) is 59.7 Å². The van der Waals surface area contributed by atoms with Crippen molar-refractivity contribution >= 4 is 5.91 Å². The van der Waals surface area contributed by atoms with Gasteiger partial charge in [-0.25, -0.2) is 0 Å². The number of ether oxygens (including phenoxy) is 2. The van der Waals surface area contributed by atoms with E-state index >= 15 is 0 Å². The zero-order chi connectivity index (χ0) is 21.5. The van der Waals surface area contributed by atoms with Crippen molar-refractivity contribution in [2.75, 3.05) is 20.3 Å². The van der Waals surface area contributed by atoms with E-state index in [0.29, 0.717) is 18.3 Å². The molecule has 30 heavy (non-hydrogen) atoms. The second-order valence-corrected chi connectivity index (χ2v) is 8.00. The van der Waals surface area contributed by atoms with Crippen molar-refractivity contribution in [1.82, 2.24) is 5.32 Å². The first kappa shape index (κ1) is 22.2. The third kappa shape index (κ3) is 5.33. The molecule has 0 heterocycles. The summed E-state index contributed by atoms with van der Waals surface area (Å²) >= 11 is 0. The highest BCUT2D eigenvalue weighted by molar-refractivity contribution is 5.83. The molecule has 3 rings (SSSR count). The first-order valence-electron chi connectivity index (χ1n) is 10.9. The van der Waals surface area contributed by atoms with Crippen LogP contribution in [0.1, 0.15) is 56.2 Å². The van der Waals surface area contributed by atoms with E-state index in [1.165, 1.54) is 5.56 Å². The van der Waals surface area contributed by atoms with Gasteiger partial charge in [0.25, 0.3) is 0 Å². The van der Waals surface area contributed by atoms with E-state index in [9.17, 15) is 9.90 Å². The Balaban J connectivity index is 1.65. The number of nitrogens with one attached hydrogen (secondary N) is 1. The monoisotopic (exact) mass is 411 g/mol. The maximum absolute atomic E-state index is 12.8. The average Bonchev–Trinajstić information content (AvgIpc) is 3.60. The Labute approximate surface area is 179 Å². The molecule has 0 unspecified atom stereocenters. The number of aliphatic hydroxyl groups is 1. The van der Waals surface area contributed by atoms with Crippen molar-refractivity contribution in [3.8, 4) is 11.5 Å². The summed E-state index contributed by atoms with van der Waals surface area (Å²) in [6.45, 7) is 4.80. The summed E-state index contributed by atoms with van der Waals surface area (Å²) in [5.41, 5.74) is 1.94. The van der Waals surface area contributed by atoms with Crippen LogP contribution >= 0.6 is 0 Å². The number of hydrogen-bond donors (Lipinski definition) is 2. The molecular formula is C25H33NO4. The topological polar surface area (TPSA) is 67.8 Å². The zero-order valence-corrected chi connectivity index (χ0v) is 18.1. The molecule has 0 aromatic heterocycles. The predicted molar refractivity (Wildman–Crippen MR) is 118 cm³/mol. The fraction of sp³-hybridized carbons (Fsp3) is 0.480. The third-order valence-corrected chi connectivity index (χ3v) is 6.07. The highest BCUT2D eigenvalue weighted by Gasteiger charge is 2.44. The third-order valence-electron chi connectivity index (χ3n) is 6.07. The Morgan fingerprint density at radius 2 is 1.90 bits per heavy atom. The van der Waals surface area contributed by atoms with Crippen molar-refractivity contribution in [1.29, 1.82) is 0 Å². The van der Waals surface area contributed by atoms with E-state index in [1.807, 2.05) is 36.4 Å². The van der Waals surface area contributed by atoms with E-state index in [0.717, 1.165) is 30.6 Å². The van der Waals surface area contributed by atoms with Crippen molar-refractivity contribution in [2.24, 2.45) is 11.8 Å². The predicted octanol–water partition coefficient (Wildman–Crippen LogP) is 4.46. The molecule has 5 nitrogen and oxygen atoms in total. The van der Waals surface area contributed by atoms with E-state index in [4.69, 9.17) is 9.47 Å². The lowest BCUT2D eigenvalue weighted by Gasteiger charge is -2.21. The van der Waals surface area contributed by atoms with E-state index in [1.54, 1.807) is 7.11 Å². The Hall–Kier alpha value is -2.53. The van der Waals surface area contributed by atoms with Crippen molar-refractivity contribution < 1.29 is 19.4 Å². The summed E-state index contributed by atoms with van der Waals surface area (Å²) in [5.74, 6) is 2.04. The van der Waals surface area contributed by atoms with Crippen LogP contribution in [-0.4, -0.2) is 31.3 Å². The number of carbonyl (C=O) groups is 1. The van der Waals surface area contributed by atoms with Crippen LogP contribution in [0.4, 0.5) is 0 Å². The Kier molecular flexibility index (Phi) is 7.75. The maximum Gasteiger partial charge on any atom is 0.224 e. The molecule has 0 bridgehead atoms. The fourth-order valence-electron chi connectivity index (χ4n) is 3.86. The van der Waals surface area contributed by atoms with Gasteiger partial charge in [-0.1, -0.05) is 57.0 Å². The summed E-state index contributed by atoms with van der Waals surface area (Å²) in [7, 11) is 1.59. The van der Waals surface area contributed by atoms with Gasteiger partial charge in [0.05, 0.1) is 26.4 Å². The van der Waals surface area contributed by atoms with Crippen LogP contribution in [-0.2, 0) is 4.79 Å². The summed E-state index contributed by atoms with van der Waals surface area (Å²) in [6, 6.07) is 15.1. The SMILES string of the molecule is CCC(CC)COc1ccc([C@H](CO)NC(=O)[C@H]2C[C@@H]2c2ccccc2)c(OC)c1. The molecule has 1 amide bonds. The molecule has 5 heteroatoms. The highest BCUT2D eigenvalue weighted by Crippen LogP contribution is 2.47. The smallest absolute Gasteiger partial charge is 0.224 e. The normalized spacial score (nSPS) is 18.7. The largest absolute Gasteiger partial charge is 0.496 e. The minimum atomic E-state index is -0.516. The lowest BCUT2D eigenvalue weighted by atomic mass is 10.0. The van der Waals surface area contributed by atoms with Crippen LogP contribution < -0.4 is 14.8 Å². The molecule has 1 fully saturated rings. The minimum absolute atomic E-state index is 0.0287. The van der Waals surface area contributed by atoms with E-state index in [-0.39, 0.29) is 24.3 Å². The molecule has 2 aromatic rings. The standard InChI is InChI=1S/C25H33NO4/c1-4-17(5-2)16-30-19-11-12-20(24(13-19)29-3)23(15-27)26-25(28)22-14-21(22)18-9-7-6-8-10-18/h6-13,17,21-23,27H,4-5,14-16H2,1-3H3,(H,26,28)/t21-,22+,23+/m1/s1. The Morgan fingerprint density at radius 3 is 2.53 bits per heavy atom. The molecule has 162 valence electrons. The van der Waals surface area contributed by atoms with Gasteiger partial charge in [0.2, 0.25) is 5.91 Å². The lowest BCUT2D eigenvalue weighted by molar-refractivity contribution is -0.123. The second-order valence-electron chi connectivity index (χ2n) is 8.00. The van der Waals surface area contributed by atoms with Crippen LogP contribution in [0.2, 0.25) is 0 Å². The van der Waals surface area contributed by atoms with Gasteiger partial charge in [-0.05, 0) is 36.0 Å². The van der Waals surface area contributed by atoms with Gasteiger partial charge in [-0.2, -0.15) is 0 Å². The average molecular weight is 412 g/mol. The van der Waals surface area contributed by atoms with Crippen LogP contribution in [0, 0.1) is 11.8 Å². The van der Waals surface area contributed by atoms with Crippen LogP contribution in [0.5, 0.6) is 11.5 Å². The van der Waals surface area contributed by atoms with Gasteiger partial charge in [-0.3, -0.25) is 4.79 Å².